The molecule has 0 unspecified atom stereocenters. The Morgan fingerprint density at radius 3 is 2.46 bits per heavy atom. The molecular weight excluding hydrogens is 164 g/mol. The van der Waals surface area contributed by atoms with Crippen molar-refractivity contribution in [1.82, 2.24) is 5.16 Å². The molecule has 0 bridgehead atoms. The fourth-order valence-electron chi connectivity index (χ4n) is 2.30. The van der Waals surface area contributed by atoms with Gasteiger partial charge < -0.3 is 10.3 Å². The minimum Gasteiger partial charge on any atom is -0.367 e. The summed E-state index contributed by atoms with van der Waals surface area (Å²) in [5.41, 5.74) is 7.96. The standard InChI is InChI=1S/C10H16N2O/c1-7-8(12-13-9(7)11)10(2)5-3-4-6-10/h3-6,11H2,1-2H3. The van der Waals surface area contributed by atoms with E-state index in [9.17, 15) is 0 Å². The fraction of sp³-hybridized carbons (Fsp3) is 0.700. The van der Waals surface area contributed by atoms with Crippen molar-refractivity contribution in [2.45, 2.75) is 44.9 Å². The van der Waals surface area contributed by atoms with Gasteiger partial charge in [0.15, 0.2) is 0 Å². The molecule has 3 heteroatoms. The molecule has 1 saturated carbocycles. The van der Waals surface area contributed by atoms with Gasteiger partial charge in [-0.25, -0.2) is 0 Å². The van der Waals surface area contributed by atoms with Crippen LogP contribution in [0.15, 0.2) is 4.52 Å². The largest absolute Gasteiger partial charge is 0.367 e. The zero-order valence-electron chi connectivity index (χ0n) is 8.26. The molecule has 2 rings (SSSR count). The topological polar surface area (TPSA) is 52.0 Å². The van der Waals surface area contributed by atoms with Crippen molar-refractivity contribution >= 4 is 5.88 Å². The molecule has 0 spiro atoms. The molecule has 1 aromatic rings. The normalized spacial score (nSPS) is 20.8. The van der Waals surface area contributed by atoms with Gasteiger partial charge in [0, 0.05) is 11.0 Å². The smallest absolute Gasteiger partial charge is 0.225 e. The minimum absolute atomic E-state index is 0.213. The number of nitrogens with zero attached hydrogens (tertiary/aromatic N) is 1. The van der Waals surface area contributed by atoms with Gasteiger partial charge in [0.25, 0.3) is 0 Å². The summed E-state index contributed by atoms with van der Waals surface area (Å²) in [6.45, 7) is 4.25. The van der Waals surface area contributed by atoms with Crippen molar-refractivity contribution in [1.29, 1.82) is 0 Å². The second kappa shape index (κ2) is 2.76. The molecule has 13 heavy (non-hydrogen) atoms. The lowest BCUT2D eigenvalue weighted by Gasteiger charge is -2.20. The Kier molecular flexibility index (Phi) is 1.82. The van der Waals surface area contributed by atoms with Gasteiger partial charge in [-0.15, -0.1) is 0 Å². The first kappa shape index (κ1) is 8.60. The second-order valence-corrected chi connectivity index (χ2v) is 4.29. The number of aromatic nitrogens is 1. The molecule has 0 aromatic carbocycles. The molecule has 1 aliphatic rings. The van der Waals surface area contributed by atoms with Gasteiger partial charge in [-0.1, -0.05) is 24.9 Å². The summed E-state index contributed by atoms with van der Waals surface area (Å²) in [7, 11) is 0. The van der Waals surface area contributed by atoms with E-state index in [4.69, 9.17) is 10.3 Å². The molecule has 72 valence electrons. The number of rotatable bonds is 1. The quantitative estimate of drug-likeness (QED) is 0.722. The molecule has 1 aromatic heterocycles. The number of nitrogen functional groups attached to an aromatic ring is 1. The molecule has 0 saturated heterocycles. The van der Waals surface area contributed by atoms with E-state index in [-0.39, 0.29) is 5.41 Å². The van der Waals surface area contributed by atoms with Crippen LogP contribution in [0, 0.1) is 6.92 Å². The molecule has 0 radical (unpaired) electrons. The summed E-state index contributed by atoms with van der Waals surface area (Å²) in [5.74, 6) is 0.475. The third-order valence-corrected chi connectivity index (χ3v) is 3.24. The van der Waals surface area contributed by atoms with Crippen molar-refractivity contribution < 1.29 is 4.52 Å². The van der Waals surface area contributed by atoms with Crippen molar-refractivity contribution in [3.8, 4) is 0 Å². The van der Waals surface area contributed by atoms with Gasteiger partial charge in [0.05, 0.1) is 5.69 Å². The first-order valence-electron chi connectivity index (χ1n) is 4.86. The Labute approximate surface area is 78.3 Å². The molecule has 0 amide bonds. The highest BCUT2D eigenvalue weighted by atomic mass is 16.5. The lowest BCUT2D eigenvalue weighted by molar-refractivity contribution is 0.386. The molecule has 0 atom stereocenters. The fourth-order valence-corrected chi connectivity index (χ4v) is 2.30. The summed E-state index contributed by atoms with van der Waals surface area (Å²) in [6.07, 6.45) is 5.00. The minimum atomic E-state index is 0.213. The van der Waals surface area contributed by atoms with E-state index in [2.05, 4.69) is 12.1 Å². The van der Waals surface area contributed by atoms with Crippen LogP contribution in [0.3, 0.4) is 0 Å². The number of anilines is 1. The Morgan fingerprint density at radius 2 is 2.00 bits per heavy atom. The van der Waals surface area contributed by atoms with E-state index in [0.717, 1.165) is 11.3 Å². The van der Waals surface area contributed by atoms with Crippen LogP contribution in [0.2, 0.25) is 0 Å². The van der Waals surface area contributed by atoms with Crippen molar-refractivity contribution in [3.05, 3.63) is 11.3 Å². The zero-order chi connectivity index (χ0) is 9.47. The highest BCUT2D eigenvalue weighted by molar-refractivity contribution is 5.41. The van der Waals surface area contributed by atoms with Gasteiger partial charge in [-0.3, -0.25) is 0 Å². The maximum Gasteiger partial charge on any atom is 0.225 e. The number of hydrogen-bond donors (Lipinski definition) is 1. The molecule has 1 heterocycles. The maximum absolute atomic E-state index is 5.64. The van der Waals surface area contributed by atoms with E-state index in [0.29, 0.717) is 5.88 Å². The van der Waals surface area contributed by atoms with Crippen LogP contribution in [-0.2, 0) is 5.41 Å². The number of nitrogens with two attached hydrogens (primary N) is 1. The summed E-state index contributed by atoms with van der Waals surface area (Å²) in [4.78, 5) is 0. The average molecular weight is 180 g/mol. The first-order valence-corrected chi connectivity index (χ1v) is 4.86. The van der Waals surface area contributed by atoms with E-state index >= 15 is 0 Å². The van der Waals surface area contributed by atoms with Crippen molar-refractivity contribution in [2.75, 3.05) is 5.73 Å². The van der Waals surface area contributed by atoms with Crippen LogP contribution >= 0.6 is 0 Å². The van der Waals surface area contributed by atoms with Gasteiger partial charge >= 0.3 is 0 Å². The summed E-state index contributed by atoms with van der Waals surface area (Å²) in [5, 5.41) is 4.07. The maximum atomic E-state index is 5.64. The van der Waals surface area contributed by atoms with E-state index in [1.165, 1.54) is 25.7 Å². The molecule has 1 aliphatic carbocycles. The molecule has 2 N–H and O–H groups in total. The van der Waals surface area contributed by atoms with Gasteiger partial charge in [0.2, 0.25) is 5.88 Å². The van der Waals surface area contributed by atoms with Crippen LogP contribution in [0.4, 0.5) is 5.88 Å². The van der Waals surface area contributed by atoms with Crippen molar-refractivity contribution in [3.63, 3.8) is 0 Å². The lowest BCUT2D eigenvalue weighted by atomic mass is 9.83. The molecular formula is C10H16N2O. The summed E-state index contributed by atoms with van der Waals surface area (Å²) in [6, 6.07) is 0. The SMILES string of the molecule is Cc1c(C2(C)CCCC2)noc1N. The van der Waals surface area contributed by atoms with Crippen LogP contribution in [0.1, 0.15) is 43.9 Å². The van der Waals surface area contributed by atoms with E-state index in [1.807, 2.05) is 6.92 Å². The van der Waals surface area contributed by atoms with Crippen LogP contribution in [0.25, 0.3) is 0 Å². The van der Waals surface area contributed by atoms with Crippen molar-refractivity contribution in [2.24, 2.45) is 0 Å². The monoisotopic (exact) mass is 180 g/mol. The summed E-state index contributed by atoms with van der Waals surface area (Å²) >= 11 is 0. The third-order valence-electron chi connectivity index (χ3n) is 3.24. The zero-order valence-corrected chi connectivity index (χ0v) is 8.26. The van der Waals surface area contributed by atoms with Gasteiger partial charge in [-0.05, 0) is 19.8 Å². The lowest BCUT2D eigenvalue weighted by Crippen LogP contribution is -2.18. The molecule has 1 fully saturated rings. The number of hydrogen-bond acceptors (Lipinski definition) is 3. The van der Waals surface area contributed by atoms with Gasteiger partial charge in [0.1, 0.15) is 0 Å². The predicted octanol–water partition coefficient (Wildman–Crippen LogP) is 2.40. The highest BCUT2D eigenvalue weighted by Crippen LogP contribution is 2.42. The molecule has 3 nitrogen and oxygen atoms in total. The Balaban J connectivity index is 2.39. The average Bonchev–Trinajstić information content (AvgIpc) is 2.63. The van der Waals surface area contributed by atoms with E-state index in [1.54, 1.807) is 0 Å². The third kappa shape index (κ3) is 1.23. The Hall–Kier alpha value is -0.990. The summed E-state index contributed by atoms with van der Waals surface area (Å²) < 4.78 is 5.00. The first-order chi connectivity index (χ1) is 6.13. The molecule has 0 aliphatic heterocycles. The predicted molar refractivity (Wildman–Crippen MR) is 51.5 cm³/mol. The Morgan fingerprint density at radius 1 is 1.38 bits per heavy atom. The highest BCUT2D eigenvalue weighted by Gasteiger charge is 2.35. The van der Waals surface area contributed by atoms with Crippen LogP contribution in [-0.4, -0.2) is 5.16 Å². The van der Waals surface area contributed by atoms with Crippen LogP contribution in [0.5, 0.6) is 0 Å². The second-order valence-electron chi connectivity index (χ2n) is 4.29. The van der Waals surface area contributed by atoms with E-state index < -0.39 is 0 Å². The Bertz CT molecular complexity index is 311. The van der Waals surface area contributed by atoms with Gasteiger partial charge in [-0.2, -0.15) is 0 Å². The van der Waals surface area contributed by atoms with Crippen LogP contribution < -0.4 is 5.73 Å².